The van der Waals surface area contributed by atoms with E-state index >= 15 is 0 Å². The smallest absolute Gasteiger partial charge is 0.186 e. The minimum Gasteiger partial charge on any atom is -0.370 e. The van der Waals surface area contributed by atoms with Crippen molar-refractivity contribution in [1.29, 1.82) is 0 Å². The summed E-state index contributed by atoms with van der Waals surface area (Å²) in [6.45, 7) is 0.496. The van der Waals surface area contributed by atoms with Gasteiger partial charge >= 0.3 is 0 Å². The lowest BCUT2D eigenvalue weighted by Crippen LogP contribution is -2.22. The summed E-state index contributed by atoms with van der Waals surface area (Å²) in [5, 5.41) is 4.15. The molecule has 0 amide bonds. The molecule has 1 heterocycles. The third-order valence-electron chi connectivity index (χ3n) is 2.41. The van der Waals surface area contributed by atoms with E-state index in [1.165, 1.54) is 0 Å². The summed E-state index contributed by atoms with van der Waals surface area (Å²) in [6, 6.07) is 8.08. The first-order valence-corrected chi connectivity index (χ1v) is 5.28. The van der Waals surface area contributed by atoms with Crippen LogP contribution < -0.4 is 11.5 Å². The molecule has 2 aromatic rings. The number of benzene rings is 1. The van der Waals surface area contributed by atoms with E-state index < -0.39 is 0 Å². The fourth-order valence-corrected chi connectivity index (χ4v) is 1.60. The Balaban J connectivity index is 0.00000162. The van der Waals surface area contributed by atoms with E-state index in [0.29, 0.717) is 6.54 Å². The molecule has 0 aliphatic rings. The molecular formula is C12H16IN5. The molecule has 0 atom stereocenters. The molecule has 6 heteroatoms. The Morgan fingerprint density at radius 3 is 2.72 bits per heavy atom. The molecule has 4 N–H and O–H groups in total. The first kappa shape index (κ1) is 14.5. The molecule has 0 aliphatic carbocycles. The van der Waals surface area contributed by atoms with Crippen LogP contribution in [0.4, 0.5) is 0 Å². The highest BCUT2D eigenvalue weighted by atomic mass is 127. The van der Waals surface area contributed by atoms with Gasteiger partial charge in [-0.1, -0.05) is 18.2 Å². The van der Waals surface area contributed by atoms with Gasteiger partial charge in [0.2, 0.25) is 0 Å². The number of hydrogen-bond donors (Lipinski definition) is 2. The van der Waals surface area contributed by atoms with E-state index in [1.807, 2.05) is 37.6 Å². The van der Waals surface area contributed by atoms with Crippen molar-refractivity contribution in [2.24, 2.45) is 23.5 Å². The van der Waals surface area contributed by atoms with Crippen molar-refractivity contribution < 1.29 is 0 Å². The molecule has 0 saturated heterocycles. The Kier molecular flexibility index (Phi) is 5.14. The molecular weight excluding hydrogens is 341 g/mol. The molecule has 1 aromatic heterocycles. The number of halogens is 1. The van der Waals surface area contributed by atoms with E-state index in [4.69, 9.17) is 11.5 Å². The average Bonchev–Trinajstić information content (AvgIpc) is 2.74. The maximum Gasteiger partial charge on any atom is 0.186 e. The third-order valence-corrected chi connectivity index (χ3v) is 2.41. The predicted molar refractivity (Wildman–Crippen MR) is 83.6 cm³/mol. The van der Waals surface area contributed by atoms with E-state index in [0.717, 1.165) is 16.7 Å². The minimum absolute atomic E-state index is 0. The molecule has 0 fully saturated rings. The van der Waals surface area contributed by atoms with Crippen LogP contribution in [0, 0.1) is 0 Å². The maximum atomic E-state index is 5.31. The summed E-state index contributed by atoms with van der Waals surface area (Å²) in [4.78, 5) is 3.99. The fourth-order valence-electron chi connectivity index (χ4n) is 1.60. The zero-order valence-corrected chi connectivity index (χ0v) is 12.4. The lowest BCUT2D eigenvalue weighted by Gasteiger charge is -2.01. The highest BCUT2D eigenvalue weighted by Crippen LogP contribution is 2.19. The Hall–Kier alpha value is -1.57. The number of aliphatic imine (C=N–C) groups is 1. The van der Waals surface area contributed by atoms with Crippen molar-refractivity contribution in [2.75, 3.05) is 0 Å². The SMILES string of the molecule is Cn1cc(-c2cccc(CN=C(N)N)c2)cn1.I. The van der Waals surface area contributed by atoms with Gasteiger partial charge in [0.15, 0.2) is 5.96 Å². The fraction of sp³-hybridized carbons (Fsp3) is 0.167. The van der Waals surface area contributed by atoms with Gasteiger partial charge in [-0.15, -0.1) is 24.0 Å². The number of aromatic nitrogens is 2. The molecule has 0 spiro atoms. The Morgan fingerprint density at radius 1 is 1.33 bits per heavy atom. The Bertz CT molecular complexity index is 543. The van der Waals surface area contributed by atoms with Crippen molar-refractivity contribution in [1.82, 2.24) is 9.78 Å². The van der Waals surface area contributed by atoms with Crippen LogP contribution in [0.3, 0.4) is 0 Å². The van der Waals surface area contributed by atoms with Crippen LogP contribution in [-0.4, -0.2) is 15.7 Å². The van der Waals surface area contributed by atoms with Gasteiger partial charge in [0.25, 0.3) is 0 Å². The summed E-state index contributed by atoms with van der Waals surface area (Å²) in [5.74, 6) is 0.108. The Labute approximate surface area is 123 Å². The summed E-state index contributed by atoms with van der Waals surface area (Å²) in [7, 11) is 1.90. The summed E-state index contributed by atoms with van der Waals surface area (Å²) >= 11 is 0. The van der Waals surface area contributed by atoms with Gasteiger partial charge in [-0.25, -0.2) is 4.99 Å². The molecule has 0 bridgehead atoms. The quantitative estimate of drug-likeness (QED) is 0.496. The van der Waals surface area contributed by atoms with Gasteiger partial charge in [0.1, 0.15) is 0 Å². The molecule has 2 rings (SSSR count). The third kappa shape index (κ3) is 3.73. The van der Waals surface area contributed by atoms with Gasteiger partial charge in [0, 0.05) is 18.8 Å². The van der Waals surface area contributed by atoms with E-state index in [2.05, 4.69) is 16.2 Å². The number of nitrogens with two attached hydrogens (primary N) is 2. The summed E-state index contributed by atoms with van der Waals surface area (Å²) in [5.41, 5.74) is 13.9. The van der Waals surface area contributed by atoms with Gasteiger partial charge in [0.05, 0.1) is 12.7 Å². The van der Waals surface area contributed by atoms with Crippen LogP contribution in [0.1, 0.15) is 5.56 Å². The lowest BCUT2D eigenvalue weighted by molar-refractivity contribution is 0.768. The van der Waals surface area contributed by atoms with E-state index in [9.17, 15) is 0 Å². The zero-order valence-electron chi connectivity index (χ0n) is 10.1. The molecule has 0 unspecified atom stereocenters. The molecule has 0 radical (unpaired) electrons. The number of hydrogen-bond acceptors (Lipinski definition) is 2. The molecule has 1 aromatic carbocycles. The van der Waals surface area contributed by atoms with Gasteiger partial charge in [-0.2, -0.15) is 5.10 Å². The molecule has 0 saturated carbocycles. The van der Waals surface area contributed by atoms with Gasteiger partial charge in [-0.3, -0.25) is 4.68 Å². The number of rotatable bonds is 3. The van der Waals surface area contributed by atoms with Crippen molar-refractivity contribution >= 4 is 29.9 Å². The zero-order chi connectivity index (χ0) is 12.3. The van der Waals surface area contributed by atoms with Crippen molar-refractivity contribution in [3.63, 3.8) is 0 Å². The Morgan fingerprint density at radius 2 is 2.11 bits per heavy atom. The number of nitrogens with zero attached hydrogens (tertiary/aromatic N) is 3. The van der Waals surface area contributed by atoms with Crippen LogP contribution in [-0.2, 0) is 13.6 Å². The van der Waals surface area contributed by atoms with Crippen molar-refractivity contribution in [3.8, 4) is 11.1 Å². The highest BCUT2D eigenvalue weighted by Gasteiger charge is 2.01. The van der Waals surface area contributed by atoms with Crippen molar-refractivity contribution in [2.45, 2.75) is 6.54 Å². The van der Waals surface area contributed by atoms with Crippen LogP contribution in [0.15, 0.2) is 41.7 Å². The first-order valence-electron chi connectivity index (χ1n) is 5.28. The summed E-state index contributed by atoms with van der Waals surface area (Å²) < 4.78 is 1.78. The van der Waals surface area contributed by atoms with Crippen LogP contribution in [0.2, 0.25) is 0 Å². The van der Waals surface area contributed by atoms with E-state index in [1.54, 1.807) is 4.68 Å². The lowest BCUT2D eigenvalue weighted by atomic mass is 10.1. The number of aryl methyl sites for hydroxylation is 1. The molecule has 5 nitrogen and oxygen atoms in total. The normalized spacial score (nSPS) is 9.61. The average molecular weight is 357 g/mol. The second-order valence-corrected chi connectivity index (χ2v) is 3.84. The standard InChI is InChI=1S/C12H15N5.HI/c1-17-8-11(7-16-17)10-4-2-3-9(5-10)6-15-12(13)14;/h2-5,7-8H,6H2,1H3,(H4,13,14,15);1H. The maximum absolute atomic E-state index is 5.31. The first-order chi connectivity index (χ1) is 8.15. The topological polar surface area (TPSA) is 82.2 Å². The molecule has 96 valence electrons. The van der Waals surface area contributed by atoms with Crippen LogP contribution in [0.5, 0.6) is 0 Å². The summed E-state index contributed by atoms with van der Waals surface area (Å²) in [6.07, 6.45) is 3.80. The van der Waals surface area contributed by atoms with Crippen LogP contribution in [0.25, 0.3) is 11.1 Å². The molecule has 18 heavy (non-hydrogen) atoms. The second-order valence-electron chi connectivity index (χ2n) is 3.84. The van der Waals surface area contributed by atoms with E-state index in [-0.39, 0.29) is 29.9 Å². The van der Waals surface area contributed by atoms with Crippen molar-refractivity contribution in [3.05, 3.63) is 42.2 Å². The largest absolute Gasteiger partial charge is 0.370 e. The van der Waals surface area contributed by atoms with Gasteiger partial charge < -0.3 is 11.5 Å². The molecule has 0 aliphatic heterocycles. The second kappa shape index (κ2) is 6.39. The monoisotopic (exact) mass is 357 g/mol. The van der Waals surface area contributed by atoms with Crippen LogP contribution >= 0.6 is 24.0 Å². The predicted octanol–water partition coefficient (Wildman–Crippen LogP) is 1.48. The highest BCUT2D eigenvalue weighted by molar-refractivity contribution is 14.0. The van der Waals surface area contributed by atoms with Gasteiger partial charge in [-0.05, 0) is 17.2 Å². The minimum atomic E-state index is 0. The number of guanidine groups is 1.